The first-order valence-electron chi connectivity index (χ1n) is 6.99. The molecular weight excluding hydrogens is 318 g/mol. The lowest BCUT2D eigenvalue weighted by atomic mass is 10.1. The average Bonchev–Trinajstić information content (AvgIpc) is 3.17. The fourth-order valence-corrected chi connectivity index (χ4v) is 3.69. The highest BCUT2D eigenvalue weighted by Gasteiger charge is 2.41. The van der Waals surface area contributed by atoms with E-state index < -0.39 is 0 Å². The number of fused-ring (bicyclic) bond motifs is 1. The van der Waals surface area contributed by atoms with Crippen molar-refractivity contribution in [1.29, 1.82) is 0 Å². The first-order chi connectivity index (χ1) is 9.69. The predicted molar refractivity (Wildman–Crippen MR) is 82.1 cm³/mol. The van der Waals surface area contributed by atoms with Crippen molar-refractivity contribution >= 4 is 32.9 Å². The normalized spacial score (nSPS) is 20.6. The molecule has 2 aromatic rings. The van der Waals surface area contributed by atoms with Crippen LogP contribution in [-0.2, 0) is 7.05 Å². The molecule has 1 aromatic heterocycles. The van der Waals surface area contributed by atoms with Crippen LogP contribution in [0.3, 0.4) is 0 Å². The van der Waals surface area contributed by atoms with Gasteiger partial charge in [0.15, 0.2) is 5.66 Å². The zero-order chi connectivity index (χ0) is 13.7. The van der Waals surface area contributed by atoms with Gasteiger partial charge in [-0.2, -0.15) is 10.2 Å². The fraction of sp³-hybridized carbons (Fsp3) is 0.500. The van der Waals surface area contributed by atoms with Gasteiger partial charge in [0.1, 0.15) is 0 Å². The van der Waals surface area contributed by atoms with Crippen molar-refractivity contribution < 1.29 is 0 Å². The van der Waals surface area contributed by atoms with Gasteiger partial charge in [0.2, 0.25) is 5.95 Å². The molecule has 104 valence electrons. The molecule has 0 unspecified atom stereocenters. The first kappa shape index (κ1) is 12.3. The smallest absolute Gasteiger partial charge is 0.206 e. The quantitative estimate of drug-likeness (QED) is 0.801. The van der Waals surface area contributed by atoms with Crippen LogP contribution >= 0.6 is 15.9 Å². The zero-order valence-corrected chi connectivity index (χ0v) is 13.0. The Kier molecular flexibility index (Phi) is 2.64. The summed E-state index contributed by atoms with van der Waals surface area (Å²) >= 11 is 3.62. The minimum atomic E-state index is -0.0417. The molecule has 0 bridgehead atoms. The van der Waals surface area contributed by atoms with Crippen LogP contribution in [0.2, 0.25) is 0 Å². The molecule has 0 N–H and O–H groups in total. The molecule has 0 amide bonds. The highest BCUT2D eigenvalue weighted by atomic mass is 79.9. The van der Waals surface area contributed by atoms with Gasteiger partial charge in [-0.15, -0.1) is 0 Å². The van der Waals surface area contributed by atoms with Crippen LogP contribution < -0.4 is 4.90 Å². The second kappa shape index (κ2) is 4.28. The summed E-state index contributed by atoms with van der Waals surface area (Å²) in [6, 6.07) is 6.16. The monoisotopic (exact) mass is 333 g/mol. The third-order valence-corrected chi connectivity index (χ3v) is 4.91. The van der Waals surface area contributed by atoms with E-state index in [1.54, 1.807) is 0 Å². The number of aromatic nitrogens is 2. The number of para-hydroxylation sites is 1. The number of halogens is 1. The Morgan fingerprint density at radius 1 is 1.20 bits per heavy atom. The molecule has 4 rings (SSSR count). The van der Waals surface area contributed by atoms with E-state index in [1.165, 1.54) is 0 Å². The van der Waals surface area contributed by atoms with E-state index in [0.717, 1.165) is 53.8 Å². The molecule has 20 heavy (non-hydrogen) atoms. The predicted octanol–water partition coefficient (Wildman–Crippen LogP) is 3.49. The largest absolute Gasteiger partial charge is 0.342 e. The third-order valence-electron chi connectivity index (χ3n) is 4.27. The third kappa shape index (κ3) is 1.85. The topological polar surface area (TPSA) is 45.8 Å². The fourth-order valence-electron chi connectivity index (χ4n) is 3.07. The highest BCUT2D eigenvalue weighted by Crippen LogP contribution is 2.39. The van der Waals surface area contributed by atoms with Gasteiger partial charge in [-0.25, -0.2) is 4.98 Å². The number of anilines is 1. The molecule has 0 radical (unpaired) electrons. The number of rotatable bonds is 1. The maximum absolute atomic E-state index is 4.80. The minimum Gasteiger partial charge on any atom is -0.342 e. The number of aryl methyl sites for hydroxylation is 1. The van der Waals surface area contributed by atoms with Crippen LogP contribution in [0.25, 0.3) is 11.0 Å². The van der Waals surface area contributed by atoms with Crippen molar-refractivity contribution in [2.45, 2.75) is 24.9 Å². The highest BCUT2D eigenvalue weighted by molar-refractivity contribution is 9.10. The van der Waals surface area contributed by atoms with Crippen molar-refractivity contribution in [3.8, 4) is 0 Å². The van der Waals surface area contributed by atoms with Crippen LogP contribution in [0.15, 0.2) is 32.9 Å². The van der Waals surface area contributed by atoms with Crippen LogP contribution in [0.4, 0.5) is 5.95 Å². The molecule has 0 aliphatic carbocycles. The Morgan fingerprint density at radius 2 is 2.05 bits per heavy atom. The van der Waals surface area contributed by atoms with Crippen molar-refractivity contribution in [3.05, 3.63) is 22.7 Å². The SMILES string of the molecule is Cn1c(N2CCCC3(CC2)N=N3)nc2cccc(Br)c21. The summed E-state index contributed by atoms with van der Waals surface area (Å²) in [6.45, 7) is 2.00. The van der Waals surface area contributed by atoms with Gasteiger partial charge >= 0.3 is 0 Å². The van der Waals surface area contributed by atoms with Crippen LogP contribution in [0, 0.1) is 0 Å². The van der Waals surface area contributed by atoms with E-state index in [0.29, 0.717) is 0 Å². The lowest BCUT2D eigenvalue weighted by Gasteiger charge is -2.21. The van der Waals surface area contributed by atoms with Crippen molar-refractivity contribution in [1.82, 2.24) is 9.55 Å². The van der Waals surface area contributed by atoms with E-state index in [2.05, 4.69) is 54.8 Å². The Hall–Kier alpha value is -1.43. The van der Waals surface area contributed by atoms with Crippen molar-refractivity contribution in [2.75, 3.05) is 18.0 Å². The molecule has 2 aliphatic heterocycles. The van der Waals surface area contributed by atoms with Gasteiger partial charge in [-0.05, 0) is 40.9 Å². The number of hydrogen-bond donors (Lipinski definition) is 0. The molecular formula is C14H16BrN5. The number of imidazole rings is 1. The van der Waals surface area contributed by atoms with E-state index in [9.17, 15) is 0 Å². The standard InChI is InChI=1S/C14H16BrN5/c1-19-12-10(15)4-2-5-11(12)16-13(19)20-8-3-6-14(7-9-20)17-18-14/h2,4-5H,3,6-9H2,1H3. The summed E-state index contributed by atoms with van der Waals surface area (Å²) in [5, 5.41) is 8.45. The lowest BCUT2D eigenvalue weighted by molar-refractivity contribution is 0.535. The molecule has 5 nitrogen and oxygen atoms in total. The van der Waals surface area contributed by atoms with Gasteiger partial charge in [-0.1, -0.05) is 6.07 Å². The molecule has 1 spiro atoms. The summed E-state index contributed by atoms with van der Waals surface area (Å²) < 4.78 is 3.27. The van der Waals surface area contributed by atoms with Gasteiger partial charge < -0.3 is 9.47 Å². The van der Waals surface area contributed by atoms with Crippen molar-refractivity contribution in [3.63, 3.8) is 0 Å². The first-order valence-corrected chi connectivity index (χ1v) is 7.78. The van der Waals surface area contributed by atoms with Crippen molar-refractivity contribution in [2.24, 2.45) is 17.3 Å². The molecule has 6 heteroatoms. The molecule has 1 fully saturated rings. The summed E-state index contributed by atoms with van der Waals surface area (Å²) in [5.41, 5.74) is 2.15. The average molecular weight is 334 g/mol. The molecule has 1 aromatic carbocycles. The summed E-state index contributed by atoms with van der Waals surface area (Å²) in [6.07, 6.45) is 3.21. The lowest BCUT2D eigenvalue weighted by Crippen LogP contribution is -2.27. The summed E-state index contributed by atoms with van der Waals surface area (Å²) in [5.74, 6) is 1.05. The number of benzene rings is 1. The summed E-state index contributed by atoms with van der Waals surface area (Å²) in [4.78, 5) is 7.17. The molecule has 2 aliphatic rings. The van der Waals surface area contributed by atoms with Crippen LogP contribution in [0.1, 0.15) is 19.3 Å². The number of hydrogen-bond acceptors (Lipinski definition) is 4. The Balaban J connectivity index is 1.71. The Labute approximate surface area is 125 Å². The molecule has 1 saturated heterocycles. The molecule has 0 saturated carbocycles. The van der Waals surface area contributed by atoms with Gasteiger partial charge in [0.25, 0.3) is 0 Å². The van der Waals surface area contributed by atoms with Gasteiger partial charge in [0, 0.05) is 31.0 Å². The van der Waals surface area contributed by atoms with Gasteiger partial charge in [-0.3, -0.25) is 0 Å². The Bertz CT molecular complexity index is 699. The Morgan fingerprint density at radius 3 is 2.80 bits per heavy atom. The van der Waals surface area contributed by atoms with Gasteiger partial charge in [0.05, 0.1) is 11.0 Å². The maximum Gasteiger partial charge on any atom is 0.206 e. The van der Waals surface area contributed by atoms with Crippen LogP contribution in [-0.4, -0.2) is 28.3 Å². The molecule has 3 heterocycles. The zero-order valence-electron chi connectivity index (χ0n) is 11.4. The molecule has 0 atom stereocenters. The van der Waals surface area contributed by atoms with E-state index >= 15 is 0 Å². The second-order valence-corrected chi connectivity index (χ2v) is 6.46. The minimum absolute atomic E-state index is 0.0417. The summed E-state index contributed by atoms with van der Waals surface area (Å²) in [7, 11) is 2.09. The van der Waals surface area contributed by atoms with Crippen LogP contribution in [0.5, 0.6) is 0 Å². The van der Waals surface area contributed by atoms with E-state index in [4.69, 9.17) is 4.98 Å². The van der Waals surface area contributed by atoms with E-state index in [-0.39, 0.29) is 5.66 Å². The number of nitrogens with zero attached hydrogens (tertiary/aromatic N) is 5. The van der Waals surface area contributed by atoms with E-state index in [1.807, 2.05) is 6.07 Å². The second-order valence-electron chi connectivity index (χ2n) is 5.60. The maximum atomic E-state index is 4.80.